The minimum absolute atomic E-state index is 0.106. The summed E-state index contributed by atoms with van der Waals surface area (Å²) >= 11 is 0. The Bertz CT molecular complexity index is 1770. The van der Waals surface area contributed by atoms with Crippen LogP contribution in [-0.4, -0.2) is 71.6 Å². The van der Waals surface area contributed by atoms with E-state index in [1.807, 2.05) is 30.3 Å². The minimum atomic E-state index is -0.361. The van der Waals surface area contributed by atoms with Crippen molar-refractivity contribution in [1.82, 2.24) is 20.0 Å². The van der Waals surface area contributed by atoms with E-state index in [4.69, 9.17) is 4.74 Å². The van der Waals surface area contributed by atoms with Gasteiger partial charge in [-0.2, -0.15) is 0 Å². The van der Waals surface area contributed by atoms with Crippen LogP contribution in [0.15, 0.2) is 115 Å². The van der Waals surface area contributed by atoms with Gasteiger partial charge in [-0.15, -0.1) is 10.2 Å². The number of nitrogens with zero attached hydrogens (tertiary/aromatic N) is 5. The molecule has 1 aliphatic heterocycles. The van der Waals surface area contributed by atoms with Gasteiger partial charge in [0, 0.05) is 43.9 Å². The Morgan fingerprint density at radius 2 is 1.46 bits per heavy atom. The molecule has 4 aromatic carbocycles. The first-order valence-electron chi connectivity index (χ1n) is 15.2. The molecule has 8 nitrogen and oxygen atoms in total. The third-order valence-corrected chi connectivity index (χ3v) is 8.11. The van der Waals surface area contributed by atoms with E-state index in [0.29, 0.717) is 37.5 Å². The highest BCUT2D eigenvalue weighted by Crippen LogP contribution is 2.25. The lowest BCUT2D eigenvalue weighted by molar-refractivity contribution is -0.132. The minimum Gasteiger partial charge on any atom is -0.497 e. The van der Waals surface area contributed by atoms with Crippen LogP contribution >= 0.6 is 0 Å². The van der Waals surface area contributed by atoms with E-state index in [-0.39, 0.29) is 30.7 Å². The molecule has 1 aliphatic rings. The van der Waals surface area contributed by atoms with Gasteiger partial charge in [0.1, 0.15) is 18.1 Å². The molecule has 0 saturated carbocycles. The number of carbonyl (C=O) groups excluding carboxylic acids is 2. The Kier molecular flexibility index (Phi) is 9.29. The highest BCUT2D eigenvalue weighted by atomic mass is 19.1. The molecule has 0 unspecified atom stereocenters. The zero-order valence-corrected chi connectivity index (χ0v) is 25.6. The second-order valence-corrected chi connectivity index (χ2v) is 11.1. The van der Waals surface area contributed by atoms with Gasteiger partial charge in [-0.1, -0.05) is 72.8 Å². The van der Waals surface area contributed by atoms with E-state index in [9.17, 15) is 14.0 Å². The van der Waals surface area contributed by atoms with Crippen LogP contribution in [0.5, 0.6) is 5.75 Å². The van der Waals surface area contributed by atoms with Crippen molar-refractivity contribution in [2.24, 2.45) is 0 Å². The number of benzene rings is 4. The summed E-state index contributed by atoms with van der Waals surface area (Å²) in [5, 5.41) is 8.96. The first-order valence-corrected chi connectivity index (χ1v) is 15.2. The van der Waals surface area contributed by atoms with E-state index in [0.717, 1.165) is 33.8 Å². The predicted octanol–water partition coefficient (Wildman–Crippen LogP) is 5.95. The number of piperazine rings is 1. The van der Waals surface area contributed by atoms with Crippen molar-refractivity contribution in [3.63, 3.8) is 0 Å². The van der Waals surface area contributed by atoms with Crippen molar-refractivity contribution >= 4 is 17.6 Å². The van der Waals surface area contributed by atoms with Gasteiger partial charge in [0.25, 0.3) is 5.91 Å². The normalized spacial score (nSPS) is 12.9. The number of ether oxygens (including phenoxy) is 1. The second-order valence-electron chi connectivity index (χ2n) is 11.1. The molecule has 1 aromatic heterocycles. The summed E-state index contributed by atoms with van der Waals surface area (Å²) in [4.78, 5) is 32.4. The molecular weight excluding hydrogens is 581 g/mol. The van der Waals surface area contributed by atoms with Gasteiger partial charge in [-0.25, -0.2) is 4.39 Å². The number of halogens is 1. The molecule has 2 heterocycles. The van der Waals surface area contributed by atoms with Crippen LogP contribution in [0.1, 0.15) is 15.9 Å². The molecule has 0 atom stereocenters. The fourth-order valence-electron chi connectivity index (χ4n) is 5.51. The van der Waals surface area contributed by atoms with Gasteiger partial charge in [0.2, 0.25) is 5.91 Å². The largest absolute Gasteiger partial charge is 0.497 e. The lowest BCUT2D eigenvalue weighted by atomic mass is 10.0. The second kappa shape index (κ2) is 14.0. The van der Waals surface area contributed by atoms with E-state index in [1.54, 1.807) is 41.3 Å². The number of methoxy groups -OCH3 is 1. The Morgan fingerprint density at radius 1 is 0.761 bits per heavy atom. The quantitative estimate of drug-likeness (QED) is 0.204. The molecule has 6 rings (SSSR count). The van der Waals surface area contributed by atoms with E-state index in [2.05, 4.69) is 51.5 Å². The number of amides is 2. The molecule has 5 aromatic rings. The number of hydrogen-bond acceptors (Lipinski definition) is 6. The Morgan fingerprint density at radius 3 is 2.13 bits per heavy atom. The fourth-order valence-corrected chi connectivity index (χ4v) is 5.51. The Labute approximate surface area is 267 Å². The van der Waals surface area contributed by atoms with Crippen LogP contribution in [0.3, 0.4) is 0 Å². The average molecular weight is 616 g/mol. The van der Waals surface area contributed by atoms with Crippen molar-refractivity contribution in [2.75, 3.05) is 44.7 Å². The number of rotatable bonds is 9. The molecule has 0 bridgehead atoms. The van der Waals surface area contributed by atoms with Crippen LogP contribution in [0.25, 0.3) is 22.4 Å². The first kappa shape index (κ1) is 30.5. The van der Waals surface area contributed by atoms with Gasteiger partial charge in [0.05, 0.1) is 12.8 Å². The highest BCUT2D eigenvalue weighted by Gasteiger charge is 2.26. The summed E-state index contributed by atoms with van der Waals surface area (Å²) in [6.07, 6.45) is 0. The maximum absolute atomic E-state index is 13.6. The fraction of sp³-hybridized carbons (Fsp3) is 0.189. The van der Waals surface area contributed by atoms with Crippen LogP contribution < -0.4 is 9.64 Å². The van der Waals surface area contributed by atoms with Gasteiger partial charge in [-0.05, 0) is 59.2 Å². The summed E-state index contributed by atoms with van der Waals surface area (Å²) in [5.41, 5.74) is 5.22. The SMILES string of the molecule is COc1cccc(C(=O)N(CC(=O)N2CCN(c3ccc(-c4ccc(-c5ccccc5)cc4)nn3)CC2)Cc2ccc(F)cc2)c1. The van der Waals surface area contributed by atoms with E-state index >= 15 is 0 Å². The van der Waals surface area contributed by atoms with Crippen LogP contribution in [0.4, 0.5) is 10.2 Å². The Balaban J connectivity index is 1.08. The smallest absolute Gasteiger partial charge is 0.254 e. The number of anilines is 1. The van der Waals surface area contributed by atoms with Crippen LogP contribution in [0, 0.1) is 5.82 Å². The summed E-state index contributed by atoms with van der Waals surface area (Å²) in [7, 11) is 1.54. The molecule has 0 radical (unpaired) electrons. The molecule has 9 heteroatoms. The van der Waals surface area contributed by atoms with E-state index < -0.39 is 0 Å². The molecule has 1 fully saturated rings. The Hall–Kier alpha value is -5.57. The first-order chi connectivity index (χ1) is 22.5. The molecule has 232 valence electrons. The molecule has 46 heavy (non-hydrogen) atoms. The maximum Gasteiger partial charge on any atom is 0.254 e. The standard InChI is InChI=1S/C37H34FN5O3/c1-46-33-9-5-8-31(24-33)37(45)43(25-27-10-16-32(38)17-11-27)26-36(44)42-22-20-41(21-23-42)35-19-18-34(39-40-35)30-14-12-29(13-15-30)28-6-3-2-4-7-28/h2-19,24H,20-23,25-26H2,1H3. The van der Waals surface area contributed by atoms with Crippen LogP contribution in [-0.2, 0) is 11.3 Å². The summed E-state index contributed by atoms with van der Waals surface area (Å²) in [6.45, 7) is 2.21. The van der Waals surface area contributed by atoms with Gasteiger partial charge < -0.3 is 19.4 Å². The zero-order valence-electron chi connectivity index (χ0n) is 25.6. The summed E-state index contributed by atoms with van der Waals surface area (Å²) in [6, 6.07) is 35.2. The van der Waals surface area contributed by atoms with Gasteiger partial charge >= 0.3 is 0 Å². The third kappa shape index (κ3) is 7.21. The molecule has 0 spiro atoms. The topological polar surface area (TPSA) is 78.9 Å². The number of carbonyl (C=O) groups is 2. The highest BCUT2D eigenvalue weighted by molar-refractivity contribution is 5.97. The van der Waals surface area contributed by atoms with E-state index in [1.165, 1.54) is 24.1 Å². The molecule has 0 N–H and O–H groups in total. The van der Waals surface area contributed by atoms with Crippen molar-refractivity contribution in [3.8, 4) is 28.1 Å². The summed E-state index contributed by atoms with van der Waals surface area (Å²) < 4.78 is 18.8. The predicted molar refractivity (Wildman–Crippen MR) is 176 cm³/mol. The van der Waals surface area contributed by atoms with Gasteiger partial charge in [-0.3, -0.25) is 9.59 Å². The zero-order chi connectivity index (χ0) is 31.9. The molecular formula is C37H34FN5O3. The maximum atomic E-state index is 13.6. The molecule has 1 saturated heterocycles. The van der Waals surface area contributed by atoms with Gasteiger partial charge in [0.15, 0.2) is 5.82 Å². The monoisotopic (exact) mass is 615 g/mol. The molecule has 2 amide bonds. The van der Waals surface area contributed by atoms with Crippen molar-refractivity contribution in [2.45, 2.75) is 6.54 Å². The number of aromatic nitrogens is 2. The van der Waals surface area contributed by atoms with Crippen molar-refractivity contribution in [3.05, 3.63) is 132 Å². The van der Waals surface area contributed by atoms with Crippen LogP contribution in [0.2, 0.25) is 0 Å². The van der Waals surface area contributed by atoms with Crippen molar-refractivity contribution < 1.29 is 18.7 Å². The third-order valence-electron chi connectivity index (χ3n) is 8.11. The average Bonchev–Trinajstić information content (AvgIpc) is 3.12. The lowest BCUT2D eigenvalue weighted by Crippen LogP contribution is -2.52. The summed E-state index contributed by atoms with van der Waals surface area (Å²) in [5.74, 6) is 0.480. The van der Waals surface area contributed by atoms with Crippen molar-refractivity contribution in [1.29, 1.82) is 0 Å². The number of hydrogen-bond donors (Lipinski definition) is 0. The lowest BCUT2D eigenvalue weighted by Gasteiger charge is -2.36. The molecule has 0 aliphatic carbocycles.